The largest absolute Gasteiger partial charge is 0.279 e. The molecule has 7 heteroatoms. The molecule has 0 radical (unpaired) electrons. The van der Waals surface area contributed by atoms with E-state index in [0.29, 0.717) is 22.7 Å². The minimum Gasteiger partial charge on any atom is -0.279 e. The first kappa shape index (κ1) is 12.0. The van der Waals surface area contributed by atoms with Crippen LogP contribution in [0.3, 0.4) is 0 Å². The molecule has 0 bridgehead atoms. The molecular formula is C12H7ClF2N4. The van der Waals surface area contributed by atoms with Gasteiger partial charge in [-0.3, -0.25) is 9.55 Å². The van der Waals surface area contributed by atoms with E-state index in [0.717, 1.165) is 12.1 Å². The third-order valence-electron chi connectivity index (χ3n) is 2.69. The molecule has 19 heavy (non-hydrogen) atoms. The zero-order valence-electron chi connectivity index (χ0n) is 9.73. The van der Waals surface area contributed by atoms with Crippen LogP contribution < -0.4 is 0 Å². The van der Waals surface area contributed by atoms with Crippen LogP contribution in [0.4, 0.5) is 8.78 Å². The summed E-state index contributed by atoms with van der Waals surface area (Å²) in [4.78, 5) is 12.2. The number of imidazole rings is 1. The molecule has 96 valence electrons. The van der Waals surface area contributed by atoms with Crippen molar-refractivity contribution in [3.8, 4) is 5.82 Å². The average Bonchev–Trinajstić information content (AvgIpc) is 2.65. The van der Waals surface area contributed by atoms with E-state index in [1.807, 2.05) is 0 Å². The number of aryl methyl sites for hydroxylation is 1. The molecule has 0 aliphatic carbocycles. The number of hydrogen-bond donors (Lipinski definition) is 0. The molecule has 3 aromatic rings. The fraction of sp³-hybridized carbons (Fsp3) is 0.0833. The van der Waals surface area contributed by atoms with Crippen molar-refractivity contribution in [1.82, 2.24) is 19.5 Å². The maximum atomic E-state index is 13.4. The van der Waals surface area contributed by atoms with Gasteiger partial charge in [0.2, 0.25) is 0 Å². The highest BCUT2D eigenvalue weighted by Gasteiger charge is 2.14. The summed E-state index contributed by atoms with van der Waals surface area (Å²) in [6.07, 6.45) is 2.86. The van der Waals surface area contributed by atoms with Crippen molar-refractivity contribution in [2.75, 3.05) is 0 Å². The predicted molar refractivity (Wildman–Crippen MR) is 66.3 cm³/mol. The van der Waals surface area contributed by atoms with Crippen LogP contribution in [0.5, 0.6) is 0 Å². The average molecular weight is 281 g/mol. The number of rotatable bonds is 1. The SMILES string of the molecule is Cc1nc2cc(F)c(F)cc2n1-c1cncc(Cl)n1. The van der Waals surface area contributed by atoms with E-state index in [1.165, 1.54) is 12.4 Å². The van der Waals surface area contributed by atoms with E-state index in [4.69, 9.17) is 11.6 Å². The summed E-state index contributed by atoms with van der Waals surface area (Å²) >= 11 is 5.78. The van der Waals surface area contributed by atoms with Gasteiger partial charge in [0.25, 0.3) is 0 Å². The van der Waals surface area contributed by atoms with Gasteiger partial charge in [-0.1, -0.05) is 11.6 Å². The van der Waals surface area contributed by atoms with Gasteiger partial charge in [0, 0.05) is 12.1 Å². The van der Waals surface area contributed by atoms with Gasteiger partial charge in [0.05, 0.1) is 23.4 Å². The van der Waals surface area contributed by atoms with Gasteiger partial charge in [-0.15, -0.1) is 0 Å². The van der Waals surface area contributed by atoms with Gasteiger partial charge >= 0.3 is 0 Å². The molecule has 2 aromatic heterocycles. The quantitative estimate of drug-likeness (QED) is 0.688. The highest BCUT2D eigenvalue weighted by molar-refractivity contribution is 6.29. The van der Waals surface area contributed by atoms with E-state index in [9.17, 15) is 8.78 Å². The van der Waals surface area contributed by atoms with Gasteiger partial charge in [0.15, 0.2) is 17.5 Å². The smallest absolute Gasteiger partial charge is 0.161 e. The van der Waals surface area contributed by atoms with Gasteiger partial charge in [0.1, 0.15) is 11.0 Å². The van der Waals surface area contributed by atoms with Crippen LogP contribution in [0, 0.1) is 18.6 Å². The van der Waals surface area contributed by atoms with Gasteiger partial charge in [-0.2, -0.15) is 0 Å². The Labute approximate surface area is 111 Å². The topological polar surface area (TPSA) is 43.6 Å². The Morgan fingerprint density at radius 2 is 1.84 bits per heavy atom. The lowest BCUT2D eigenvalue weighted by atomic mass is 10.3. The molecule has 0 saturated heterocycles. The third-order valence-corrected chi connectivity index (χ3v) is 2.87. The molecule has 0 unspecified atom stereocenters. The Hall–Kier alpha value is -2.08. The number of hydrogen-bond acceptors (Lipinski definition) is 3. The number of nitrogens with zero attached hydrogens (tertiary/aromatic N) is 4. The lowest BCUT2D eigenvalue weighted by Gasteiger charge is -2.05. The molecule has 0 spiro atoms. The van der Waals surface area contributed by atoms with E-state index >= 15 is 0 Å². The molecule has 0 aliphatic heterocycles. The fourth-order valence-electron chi connectivity index (χ4n) is 1.92. The number of halogens is 3. The van der Waals surface area contributed by atoms with Crippen LogP contribution in [-0.2, 0) is 0 Å². The Balaban J connectivity index is 2.34. The summed E-state index contributed by atoms with van der Waals surface area (Å²) in [7, 11) is 0. The second-order valence-corrected chi connectivity index (χ2v) is 4.34. The van der Waals surface area contributed by atoms with Crippen molar-refractivity contribution in [2.45, 2.75) is 6.92 Å². The van der Waals surface area contributed by atoms with Crippen LogP contribution >= 0.6 is 11.6 Å². The summed E-state index contributed by atoms with van der Waals surface area (Å²) in [6, 6.07) is 2.12. The first-order valence-corrected chi connectivity index (χ1v) is 5.76. The first-order chi connectivity index (χ1) is 9.06. The molecule has 4 nitrogen and oxygen atoms in total. The van der Waals surface area contributed by atoms with Crippen LogP contribution in [-0.4, -0.2) is 19.5 Å². The lowest BCUT2D eigenvalue weighted by Crippen LogP contribution is -2.01. The normalized spacial score (nSPS) is 11.2. The second kappa shape index (κ2) is 4.24. The Kier molecular flexibility index (Phi) is 2.67. The van der Waals surface area contributed by atoms with E-state index in [1.54, 1.807) is 11.5 Å². The zero-order chi connectivity index (χ0) is 13.6. The van der Waals surface area contributed by atoms with Gasteiger partial charge < -0.3 is 0 Å². The molecule has 3 rings (SSSR count). The molecule has 0 aliphatic rings. The molecule has 1 aromatic carbocycles. The monoisotopic (exact) mass is 280 g/mol. The van der Waals surface area contributed by atoms with Crippen LogP contribution in [0.15, 0.2) is 24.5 Å². The standard InChI is InChI=1S/C12H7ClF2N4/c1-6-17-9-2-7(14)8(15)3-10(9)19(6)12-5-16-4-11(13)18-12/h2-5H,1H3. The molecule has 0 saturated carbocycles. The summed E-state index contributed by atoms with van der Waals surface area (Å²) in [5, 5.41) is 0.210. The predicted octanol–water partition coefficient (Wildman–Crippen LogP) is 3.06. The minimum atomic E-state index is -0.941. The van der Waals surface area contributed by atoms with E-state index in [2.05, 4.69) is 15.0 Å². The Morgan fingerprint density at radius 1 is 1.11 bits per heavy atom. The first-order valence-electron chi connectivity index (χ1n) is 5.38. The maximum absolute atomic E-state index is 13.4. The summed E-state index contributed by atoms with van der Waals surface area (Å²) in [6.45, 7) is 1.71. The Bertz CT molecular complexity index is 785. The third kappa shape index (κ3) is 1.94. The van der Waals surface area contributed by atoms with E-state index in [-0.39, 0.29) is 5.15 Å². The van der Waals surface area contributed by atoms with Crippen molar-refractivity contribution < 1.29 is 8.78 Å². The fourth-order valence-corrected chi connectivity index (χ4v) is 2.07. The summed E-state index contributed by atoms with van der Waals surface area (Å²) < 4.78 is 28.1. The van der Waals surface area contributed by atoms with Crippen molar-refractivity contribution >= 4 is 22.6 Å². The lowest BCUT2D eigenvalue weighted by molar-refractivity contribution is 0.510. The summed E-state index contributed by atoms with van der Waals surface area (Å²) in [5.74, 6) is -0.937. The van der Waals surface area contributed by atoms with Crippen LogP contribution in [0.1, 0.15) is 5.82 Å². The Morgan fingerprint density at radius 3 is 2.58 bits per heavy atom. The number of fused-ring (bicyclic) bond motifs is 1. The number of benzene rings is 1. The summed E-state index contributed by atoms with van der Waals surface area (Å²) in [5.41, 5.74) is 0.756. The van der Waals surface area contributed by atoms with E-state index < -0.39 is 11.6 Å². The van der Waals surface area contributed by atoms with Crippen LogP contribution in [0.25, 0.3) is 16.9 Å². The molecule has 0 fully saturated rings. The van der Waals surface area contributed by atoms with Gasteiger partial charge in [-0.05, 0) is 6.92 Å². The van der Waals surface area contributed by atoms with Gasteiger partial charge in [-0.25, -0.2) is 18.7 Å². The van der Waals surface area contributed by atoms with Crippen molar-refractivity contribution in [3.63, 3.8) is 0 Å². The number of aromatic nitrogens is 4. The molecule has 2 heterocycles. The molecule has 0 N–H and O–H groups in total. The second-order valence-electron chi connectivity index (χ2n) is 3.95. The van der Waals surface area contributed by atoms with Crippen LogP contribution in [0.2, 0.25) is 5.15 Å². The highest BCUT2D eigenvalue weighted by Crippen LogP contribution is 2.23. The molecular weight excluding hydrogens is 274 g/mol. The zero-order valence-corrected chi connectivity index (χ0v) is 10.5. The minimum absolute atomic E-state index is 0.210. The molecule has 0 amide bonds. The van der Waals surface area contributed by atoms with Crippen molar-refractivity contribution in [2.24, 2.45) is 0 Å². The highest BCUT2D eigenvalue weighted by atomic mass is 35.5. The van der Waals surface area contributed by atoms with Crippen molar-refractivity contribution in [3.05, 3.63) is 47.1 Å². The maximum Gasteiger partial charge on any atom is 0.161 e. The van der Waals surface area contributed by atoms with Crippen molar-refractivity contribution in [1.29, 1.82) is 0 Å². The molecule has 0 atom stereocenters.